The molecule has 3 N–H and O–H groups in total. The summed E-state index contributed by atoms with van der Waals surface area (Å²) < 4.78 is 5.67. The van der Waals surface area contributed by atoms with E-state index in [9.17, 15) is 0 Å². The first-order valence-corrected chi connectivity index (χ1v) is 6.21. The zero-order valence-corrected chi connectivity index (χ0v) is 10.6. The van der Waals surface area contributed by atoms with Gasteiger partial charge >= 0.3 is 0 Å². The average Bonchev–Trinajstić information content (AvgIpc) is 2.75. The van der Waals surface area contributed by atoms with Crippen LogP contribution in [0.4, 0.5) is 5.69 Å². The Morgan fingerprint density at radius 2 is 2.28 bits per heavy atom. The van der Waals surface area contributed by atoms with Crippen LogP contribution in [-0.4, -0.2) is 34.7 Å². The van der Waals surface area contributed by atoms with Gasteiger partial charge in [-0.05, 0) is 25.1 Å². The molecule has 0 fully saturated rings. The highest BCUT2D eigenvalue weighted by Crippen LogP contribution is 2.19. The highest BCUT2D eigenvalue weighted by Gasteiger charge is 2.10. The van der Waals surface area contributed by atoms with Gasteiger partial charge in [0.05, 0.1) is 6.54 Å². The molecule has 5 heteroatoms. The van der Waals surface area contributed by atoms with E-state index in [2.05, 4.69) is 16.8 Å². The number of hydrogen-bond acceptors (Lipinski definition) is 5. The third-order valence-corrected chi connectivity index (χ3v) is 2.90. The SMILES string of the molecule is CCN(CCCO)Cc1nc2ccc(N)cc2o1. The molecular formula is C13H19N3O2. The molecule has 0 spiro atoms. The molecule has 98 valence electrons. The van der Waals surface area contributed by atoms with Crippen LogP contribution < -0.4 is 5.73 Å². The monoisotopic (exact) mass is 249 g/mol. The minimum absolute atomic E-state index is 0.209. The first-order chi connectivity index (χ1) is 8.72. The van der Waals surface area contributed by atoms with Crippen molar-refractivity contribution in [2.75, 3.05) is 25.4 Å². The standard InChI is InChI=1S/C13H19N3O2/c1-2-16(6-3-7-17)9-13-15-11-5-4-10(14)8-12(11)18-13/h4-5,8,17H,2-3,6-7,9,14H2,1H3. The number of rotatable bonds is 6. The lowest BCUT2D eigenvalue weighted by Gasteiger charge is -2.17. The molecule has 5 nitrogen and oxygen atoms in total. The van der Waals surface area contributed by atoms with Gasteiger partial charge in [-0.2, -0.15) is 0 Å². The number of nitrogens with zero attached hydrogens (tertiary/aromatic N) is 2. The zero-order chi connectivity index (χ0) is 13.0. The second-order valence-electron chi connectivity index (χ2n) is 4.28. The van der Waals surface area contributed by atoms with Gasteiger partial charge in [0.15, 0.2) is 5.58 Å². The van der Waals surface area contributed by atoms with E-state index in [0.717, 1.165) is 30.6 Å². The normalized spacial score (nSPS) is 11.5. The van der Waals surface area contributed by atoms with Crippen molar-refractivity contribution < 1.29 is 9.52 Å². The molecule has 1 aromatic carbocycles. The summed E-state index contributed by atoms with van der Waals surface area (Å²) >= 11 is 0. The number of aliphatic hydroxyl groups excluding tert-OH is 1. The predicted octanol–water partition coefficient (Wildman–Crippen LogP) is 1.61. The van der Waals surface area contributed by atoms with Crippen LogP contribution in [0.2, 0.25) is 0 Å². The fourth-order valence-corrected chi connectivity index (χ4v) is 1.89. The number of anilines is 1. The molecule has 0 amide bonds. The van der Waals surface area contributed by atoms with Gasteiger partial charge in [-0.25, -0.2) is 4.98 Å². The summed E-state index contributed by atoms with van der Waals surface area (Å²) in [6, 6.07) is 5.47. The summed E-state index contributed by atoms with van der Waals surface area (Å²) in [5.41, 5.74) is 7.93. The van der Waals surface area contributed by atoms with Gasteiger partial charge in [0.25, 0.3) is 0 Å². The molecule has 2 aromatic rings. The van der Waals surface area contributed by atoms with Gasteiger partial charge in [0.2, 0.25) is 5.89 Å². The summed E-state index contributed by atoms with van der Waals surface area (Å²) in [6.07, 6.45) is 0.765. The average molecular weight is 249 g/mol. The molecule has 0 saturated carbocycles. The second-order valence-corrected chi connectivity index (χ2v) is 4.28. The maximum Gasteiger partial charge on any atom is 0.209 e. The molecule has 1 aromatic heterocycles. The number of oxazole rings is 1. The Labute approximate surface area is 106 Å². The van der Waals surface area contributed by atoms with E-state index in [1.165, 1.54) is 0 Å². The number of hydrogen-bond donors (Lipinski definition) is 2. The summed E-state index contributed by atoms with van der Waals surface area (Å²) in [5.74, 6) is 0.690. The van der Waals surface area contributed by atoms with Gasteiger partial charge in [-0.1, -0.05) is 6.92 Å². The lowest BCUT2D eigenvalue weighted by molar-refractivity contribution is 0.213. The van der Waals surface area contributed by atoms with Crippen molar-refractivity contribution in [1.29, 1.82) is 0 Å². The second kappa shape index (κ2) is 5.84. The Hall–Kier alpha value is -1.59. The number of nitrogen functional groups attached to an aromatic ring is 1. The fraction of sp³-hybridized carbons (Fsp3) is 0.462. The number of aliphatic hydroxyl groups is 1. The van der Waals surface area contributed by atoms with Crippen LogP contribution in [0.15, 0.2) is 22.6 Å². The molecule has 0 aliphatic heterocycles. The van der Waals surface area contributed by atoms with Crippen molar-refractivity contribution in [3.8, 4) is 0 Å². The van der Waals surface area contributed by atoms with Crippen molar-refractivity contribution in [3.63, 3.8) is 0 Å². The van der Waals surface area contributed by atoms with E-state index in [-0.39, 0.29) is 6.61 Å². The Balaban J connectivity index is 2.10. The number of aromatic nitrogens is 1. The van der Waals surface area contributed by atoms with Gasteiger partial charge < -0.3 is 15.3 Å². The number of fused-ring (bicyclic) bond motifs is 1. The molecular weight excluding hydrogens is 230 g/mol. The molecule has 1 heterocycles. The highest BCUT2D eigenvalue weighted by atomic mass is 16.3. The number of benzene rings is 1. The van der Waals surface area contributed by atoms with Gasteiger partial charge in [0.1, 0.15) is 5.52 Å². The first kappa shape index (κ1) is 12.9. The minimum Gasteiger partial charge on any atom is -0.439 e. The van der Waals surface area contributed by atoms with E-state index in [1.54, 1.807) is 6.07 Å². The molecule has 0 unspecified atom stereocenters. The van der Waals surface area contributed by atoms with Crippen molar-refractivity contribution in [2.45, 2.75) is 19.9 Å². The predicted molar refractivity (Wildman–Crippen MR) is 71.1 cm³/mol. The third kappa shape index (κ3) is 3.00. The Morgan fingerprint density at radius 1 is 1.44 bits per heavy atom. The minimum atomic E-state index is 0.209. The van der Waals surface area contributed by atoms with Crippen molar-refractivity contribution in [2.24, 2.45) is 0 Å². The van der Waals surface area contributed by atoms with E-state index in [0.29, 0.717) is 18.1 Å². The molecule has 0 radical (unpaired) electrons. The van der Waals surface area contributed by atoms with Gasteiger partial charge in [0, 0.05) is 24.9 Å². The maximum absolute atomic E-state index is 8.84. The van der Waals surface area contributed by atoms with Crippen molar-refractivity contribution in [1.82, 2.24) is 9.88 Å². The fourth-order valence-electron chi connectivity index (χ4n) is 1.89. The topological polar surface area (TPSA) is 75.5 Å². The Bertz CT molecular complexity index is 510. The first-order valence-electron chi connectivity index (χ1n) is 6.21. The highest BCUT2D eigenvalue weighted by molar-refractivity contribution is 5.76. The van der Waals surface area contributed by atoms with Crippen LogP contribution in [-0.2, 0) is 6.54 Å². The smallest absolute Gasteiger partial charge is 0.209 e. The van der Waals surface area contributed by atoms with Gasteiger partial charge in [-0.3, -0.25) is 4.90 Å². The number of nitrogens with two attached hydrogens (primary N) is 1. The van der Waals surface area contributed by atoms with Crippen molar-refractivity contribution >= 4 is 16.8 Å². The lowest BCUT2D eigenvalue weighted by atomic mass is 10.3. The Morgan fingerprint density at radius 3 is 3.00 bits per heavy atom. The molecule has 0 atom stereocenters. The lowest BCUT2D eigenvalue weighted by Crippen LogP contribution is -2.24. The van der Waals surface area contributed by atoms with E-state index < -0.39 is 0 Å². The van der Waals surface area contributed by atoms with Crippen LogP contribution in [0.25, 0.3) is 11.1 Å². The zero-order valence-electron chi connectivity index (χ0n) is 10.6. The third-order valence-electron chi connectivity index (χ3n) is 2.90. The quantitative estimate of drug-likeness (QED) is 0.761. The largest absolute Gasteiger partial charge is 0.439 e. The molecule has 18 heavy (non-hydrogen) atoms. The summed E-state index contributed by atoms with van der Waals surface area (Å²) in [6.45, 7) is 4.69. The van der Waals surface area contributed by atoms with Crippen LogP contribution >= 0.6 is 0 Å². The van der Waals surface area contributed by atoms with Crippen molar-refractivity contribution in [3.05, 3.63) is 24.1 Å². The van der Waals surface area contributed by atoms with Gasteiger partial charge in [-0.15, -0.1) is 0 Å². The summed E-state index contributed by atoms with van der Waals surface area (Å²) in [5, 5.41) is 8.84. The summed E-state index contributed by atoms with van der Waals surface area (Å²) in [7, 11) is 0. The van der Waals surface area contributed by atoms with E-state index >= 15 is 0 Å². The molecule has 0 aliphatic rings. The maximum atomic E-state index is 8.84. The summed E-state index contributed by atoms with van der Waals surface area (Å²) in [4.78, 5) is 6.61. The van der Waals surface area contributed by atoms with Crippen LogP contribution in [0.3, 0.4) is 0 Å². The molecule has 0 saturated heterocycles. The molecule has 0 aliphatic carbocycles. The van der Waals surface area contributed by atoms with Crippen LogP contribution in [0, 0.1) is 0 Å². The molecule has 0 bridgehead atoms. The van der Waals surface area contributed by atoms with Crippen LogP contribution in [0.1, 0.15) is 19.2 Å². The Kier molecular flexibility index (Phi) is 4.17. The van der Waals surface area contributed by atoms with Crippen LogP contribution in [0.5, 0.6) is 0 Å². The van der Waals surface area contributed by atoms with E-state index in [1.807, 2.05) is 12.1 Å². The molecule has 2 rings (SSSR count). The van der Waals surface area contributed by atoms with E-state index in [4.69, 9.17) is 15.3 Å².